The van der Waals surface area contributed by atoms with E-state index in [1.807, 2.05) is 26.0 Å². The molecule has 3 heteroatoms. The molecule has 0 aromatic carbocycles. The molecular weight excluding hydrogens is 204 g/mol. The standard InChI is InChI=1S/C3H9N.ClH.Sn.H/c1-4(2)3;;;/h1-3H3;1H;;/q;;+1;/p-1. The Kier molecular flexibility index (Phi) is 15.9. The quantitative estimate of drug-likeness (QED) is 0.521. The first kappa shape index (κ1) is 10.1. The molecule has 0 saturated carbocycles. The maximum atomic E-state index is 4.77. The zero-order valence-corrected chi connectivity index (χ0v) is 8.45. The molecule has 0 N–H and O–H groups in total. The molecule has 0 aliphatic rings. The average molecular weight is 214 g/mol. The second kappa shape index (κ2) is 9.41. The summed E-state index contributed by atoms with van der Waals surface area (Å²) < 4.78 is 0. The summed E-state index contributed by atoms with van der Waals surface area (Å²) >= 11 is 0.822. The Morgan fingerprint density at radius 1 is 1.17 bits per heavy atom. The summed E-state index contributed by atoms with van der Waals surface area (Å²) in [5.41, 5.74) is 0. The minimum absolute atomic E-state index is 0.822. The van der Waals surface area contributed by atoms with Crippen LogP contribution < -0.4 is 0 Å². The molecule has 0 amide bonds. The minimum atomic E-state index is 0.822. The van der Waals surface area contributed by atoms with Crippen LogP contribution in [0.5, 0.6) is 0 Å². The van der Waals surface area contributed by atoms with E-state index < -0.39 is 0 Å². The van der Waals surface area contributed by atoms with Crippen LogP contribution >= 0.6 is 8.92 Å². The van der Waals surface area contributed by atoms with Crippen molar-refractivity contribution in [2.24, 2.45) is 0 Å². The average Bonchev–Trinajstić information content (AvgIpc) is 1.41. The molecule has 2 radical (unpaired) electrons. The molecule has 0 aliphatic heterocycles. The summed E-state index contributed by atoms with van der Waals surface area (Å²) in [4.78, 5) is 2.00. The third-order valence-corrected chi connectivity index (χ3v) is 0. The fourth-order valence-electron chi connectivity index (χ4n) is 0. The van der Waals surface area contributed by atoms with Crippen LogP contribution in [0.4, 0.5) is 0 Å². The van der Waals surface area contributed by atoms with Crippen LogP contribution in [0, 0.1) is 0 Å². The monoisotopic (exact) mass is 215 g/mol. The summed E-state index contributed by atoms with van der Waals surface area (Å²) in [5.74, 6) is 0. The summed E-state index contributed by atoms with van der Waals surface area (Å²) in [6, 6.07) is 0. The topological polar surface area (TPSA) is 3.24 Å². The van der Waals surface area contributed by atoms with Gasteiger partial charge in [0.1, 0.15) is 0 Å². The first-order chi connectivity index (χ1) is 2.73. The second-order valence-electron chi connectivity index (χ2n) is 1.34. The number of rotatable bonds is 0. The Balaban J connectivity index is 0. The summed E-state index contributed by atoms with van der Waals surface area (Å²) in [7, 11) is 10.8. The number of hydrogen-bond acceptors (Lipinski definition) is 1. The van der Waals surface area contributed by atoms with E-state index in [1.54, 1.807) is 0 Å². The van der Waals surface area contributed by atoms with E-state index in [4.69, 9.17) is 8.92 Å². The zero-order valence-electron chi connectivity index (χ0n) is 4.40. The third kappa shape index (κ3) is 75.3. The molecule has 0 aliphatic carbocycles. The molecule has 38 valence electrons. The van der Waals surface area contributed by atoms with Gasteiger partial charge in [-0.25, -0.2) is 0 Å². The van der Waals surface area contributed by atoms with Crippen molar-refractivity contribution in [2.75, 3.05) is 21.1 Å². The summed E-state index contributed by atoms with van der Waals surface area (Å²) in [6.07, 6.45) is 0. The van der Waals surface area contributed by atoms with Crippen molar-refractivity contribution in [3.63, 3.8) is 0 Å². The second-order valence-corrected chi connectivity index (χ2v) is 1.34. The predicted octanol–water partition coefficient (Wildman–Crippen LogP) is 0.219. The van der Waals surface area contributed by atoms with Gasteiger partial charge in [-0.05, 0) is 21.1 Å². The number of nitrogens with zero attached hydrogens (tertiary/aromatic N) is 1. The van der Waals surface area contributed by atoms with Gasteiger partial charge in [0.05, 0.1) is 0 Å². The van der Waals surface area contributed by atoms with Crippen molar-refractivity contribution < 1.29 is 0 Å². The molecule has 0 heterocycles. The van der Waals surface area contributed by atoms with E-state index in [0.717, 1.165) is 21.4 Å². The van der Waals surface area contributed by atoms with E-state index in [1.165, 1.54) is 0 Å². The fourth-order valence-corrected chi connectivity index (χ4v) is 0. The van der Waals surface area contributed by atoms with Gasteiger partial charge in [-0.2, -0.15) is 0 Å². The molecule has 0 bridgehead atoms. The van der Waals surface area contributed by atoms with Crippen molar-refractivity contribution in [1.82, 2.24) is 4.90 Å². The Morgan fingerprint density at radius 2 is 1.17 bits per heavy atom. The molecule has 0 unspecified atom stereocenters. The molecule has 0 saturated heterocycles. The molecule has 6 heavy (non-hydrogen) atoms. The van der Waals surface area contributed by atoms with Crippen LogP contribution in [0.25, 0.3) is 0 Å². The fraction of sp³-hybridized carbons (Fsp3) is 1.00. The Labute approximate surface area is 56.5 Å². The van der Waals surface area contributed by atoms with Gasteiger partial charge >= 0.3 is 30.3 Å². The van der Waals surface area contributed by atoms with Crippen LogP contribution in [0.15, 0.2) is 0 Å². The molecule has 0 rings (SSSR count). The molecule has 0 aromatic rings. The Hall–Kier alpha value is 1.05. The SMILES string of the molecule is CN(C)C.[Cl][SnH]. The van der Waals surface area contributed by atoms with Gasteiger partial charge in [-0.15, -0.1) is 0 Å². The van der Waals surface area contributed by atoms with Gasteiger partial charge < -0.3 is 4.90 Å². The molecule has 0 spiro atoms. The maximum absolute atomic E-state index is 4.77. The summed E-state index contributed by atoms with van der Waals surface area (Å²) in [6.45, 7) is 0. The number of hydrogen-bond donors (Lipinski definition) is 0. The van der Waals surface area contributed by atoms with Gasteiger partial charge in [0.25, 0.3) is 0 Å². The predicted molar refractivity (Wildman–Crippen MR) is 32.6 cm³/mol. The van der Waals surface area contributed by atoms with Crippen molar-refractivity contribution >= 4 is 30.3 Å². The normalized spacial score (nSPS) is 7.00. The Morgan fingerprint density at radius 3 is 1.17 bits per heavy atom. The van der Waals surface area contributed by atoms with Crippen LogP contribution in [0.1, 0.15) is 0 Å². The van der Waals surface area contributed by atoms with Gasteiger partial charge in [0.2, 0.25) is 0 Å². The molecule has 0 aromatic heterocycles. The van der Waals surface area contributed by atoms with Gasteiger partial charge in [0.15, 0.2) is 0 Å². The summed E-state index contributed by atoms with van der Waals surface area (Å²) in [5, 5.41) is 0. The number of halogens is 1. The molecule has 0 fully saturated rings. The van der Waals surface area contributed by atoms with E-state index in [9.17, 15) is 0 Å². The van der Waals surface area contributed by atoms with Crippen molar-refractivity contribution in [3.05, 3.63) is 0 Å². The van der Waals surface area contributed by atoms with E-state index >= 15 is 0 Å². The molecular formula is C3H10ClNSn. The van der Waals surface area contributed by atoms with Crippen LogP contribution in [0.3, 0.4) is 0 Å². The first-order valence-electron chi connectivity index (χ1n) is 1.56. The van der Waals surface area contributed by atoms with Gasteiger partial charge in [-0.1, -0.05) is 0 Å². The zero-order chi connectivity index (χ0) is 5.58. The Bertz CT molecular complexity index is 15.5. The molecule has 1 nitrogen and oxygen atoms in total. The first-order valence-corrected chi connectivity index (χ1v) is 5.73. The third-order valence-electron chi connectivity index (χ3n) is 0. The van der Waals surface area contributed by atoms with Crippen LogP contribution in [0.2, 0.25) is 0 Å². The molecule has 0 atom stereocenters. The van der Waals surface area contributed by atoms with E-state index in [2.05, 4.69) is 0 Å². The van der Waals surface area contributed by atoms with E-state index in [-0.39, 0.29) is 0 Å². The van der Waals surface area contributed by atoms with Crippen LogP contribution in [-0.4, -0.2) is 47.4 Å². The van der Waals surface area contributed by atoms with Crippen molar-refractivity contribution in [1.29, 1.82) is 0 Å². The van der Waals surface area contributed by atoms with Gasteiger partial charge in [-0.3, -0.25) is 0 Å². The van der Waals surface area contributed by atoms with Crippen molar-refractivity contribution in [2.45, 2.75) is 0 Å². The van der Waals surface area contributed by atoms with E-state index in [0.29, 0.717) is 0 Å². The van der Waals surface area contributed by atoms with Crippen molar-refractivity contribution in [3.8, 4) is 0 Å². The van der Waals surface area contributed by atoms with Gasteiger partial charge in [0, 0.05) is 0 Å². The van der Waals surface area contributed by atoms with Crippen LogP contribution in [-0.2, 0) is 0 Å².